The molecule has 0 bridgehead atoms. The van der Waals surface area contributed by atoms with Crippen LogP contribution in [0.3, 0.4) is 0 Å². The lowest BCUT2D eigenvalue weighted by Gasteiger charge is -2.27. The number of amides is 1. The Morgan fingerprint density at radius 2 is 2.22 bits per heavy atom. The first-order valence-electron chi connectivity index (χ1n) is 7.85. The van der Waals surface area contributed by atoms with Crippen LogP contribution in [-0.4, -0.2) is 76.6 Å². The first kappa shape index (κ1) is 20.5. The number of halogens is 2. The summed E-state index contributed by atoms with van der Waals surface area (Å²) < 4.78 is 32.6. The van der Waals surface area contributed by atoms with Gasteiger partial charge in [0.2, 0.25) is 0 Å². The summed E-state index contributed by atoms with van der Waals surface area (Å²) in [5.41, 5.74) is 4.48. The third-order valence-corrected chi connectivity index (χ3v) is 6.92. The number of fused-ring (bicyclic) bond motifs is 1. The van der Waals surface area contributed by atoms with Gasteiger partial charge in [-0.15, -0.1) is 0 Å². The first-order valence-corrected chi connectivity index (χ1v) is 11.0. The Labute approximate surface area is 171 Å². The monoisotopic (exact) mass is 528 g/mol. The van der Waals surface area contributed by atoms with Crippen LogP contribution in [0, 0.1) is 0 Å². The molecule has 14 heteroatoms. The Morgan fingerprint density at radius 1 is 1.52 bits per heavy atom. The van der Waals surface area contributed by atoms with E-state index in [4.69, 9.17) is 10.3 Å². The Hall–Kier alpha value is -1.19. The van der Waals surface area contributed by atoms with Crippen molar-refractivity contribution in [2.75, 3.05) is 18.8 Å². The molecule has 27 heavy (non-hydrogen) atoms. The van der Waals surface area contributed by atoms with E-state index < -0.39 is 33.8 Å². The van der Waals surface area contributed by atoms with Crippen LogP contribution in [0.5, 0.6) is 0 Å². The Morgan fingerprint density at radius 3 is 2.81 bits per heavy atom. The lowest BCUT2D eigenvalue weighted by Crippen LogP contribution is -2.51. The molecule has 0 aromatic carbocycles. The van der Waals surface area contributed by atoms with E-state index in [9.17, 15) is 18.3 Å². The number of guanidine groups is 1. The highest BCUT2D eigenvalue weighted by Crippen LogP contribution is 2.35. The van der Waals surface area contributed by atoms with Gasteiger partial charge in [-0.3, -0.25) is 14.2 Å². The van der Waals surface area contributed by atoms with Gasteiger partial charge < -0.3 is 26.5 Å². The number of hydrogen-bond acceptors (Lipinski definition) is 8. The highest BCUT2D eigenvalue weighted by Gasteiger charge is 2.55. The predicted molar refractivity (Wildman–Crippen MR) is 104 cm³/mol. The SMILES string of the molecule is NC1=N[C@H]2N(CCS(=O)(=O)O)[C@H](CNC(=O)c3cc(Br)c(Br)[nH]3)C[C@@]2(O)N1. The molecule has 1 aromatic rings. The Balaban J connectivity index is 1.71. The van der Waals surface area contributed by atoms with Gasteiger partial charge in [-0.1, -0.05) is 0 Å². The van der Waals surface area contributed by atoms with Crippen molar-refractivity contribution in [3.05, 3.63) is 20.8 Å². The minimum Gasteiger partial charge on any atom is -0.370 e. The average molecular weight is 530 g/mol. The molecule has 3 rings (SSSR count). The topological polar surface area (TPSA) is 173 Å². The Bertz CT molecular complexity index is 870. The number of aliphatic hydroxyl groups is 1. The maximum atomic E-state index is 12.3. The summed E-state index contributed by atoms with van der Waals surface area (Å²) in [5.74, 6) is -0.852. The zero-order chi connectivity index (χ0) is 20.0. The minimum atomic E-state index is -4.20. The number of hydrogen-bond donors (Lipinski definition) is 6. The fourth-order valence-electron chi connectivity index (χ4n) is 3.29. The molecule has 1 saturated heterocycles. The summed E-state index contributed by atoms with van der Waals surface area (Å²) in [6.07, 6.45) is -0.652. The van der Waals surface area contributed by atoms with Gasteiger partial charge in [0.05, 0.1) is 14.8 Å². The van der Waals surface area contributed by atoms with Crippen LogP contribution in [0.15, 0.2) is 20.1 Å². The summed E-state index contributed by atoms with van der Waals surface area (Å²) in [6, 6.07) is 1.19. The number of carbonyl (C=O) groups is 1. The normalized spacial score (nSPS) is 27.9. The van der Waals surface area contributed by atoms with Crippen LogP contribution in [0.25, 0.3) is 0 Å². The van der Waals surface area contributed by atoms with E-state index in [1.807, 2.05) is 0 Å². The maximum absolute atomic E-state index is 12.3. The molecule has 7 N–H and O–H groups in total. The third-order valence-electron chi connectivity index (χ3n) is 4.44. The van der Waals surface area contributed by atoms with Gasteiger partial charge in [-0.2, -0.15) is 8.42 Å². The highest BCUT2D eigenvalue weighted by atomic mass is 79.9. The predicted octanol–water partition coefficient (Wildman–Crippen LogP) is -0.836. The molecule has 3 atom stereocenters. The van der Waals surface area contributed by atoms with Crippen LogP contribution >= 0.6 is 31.9 Å². The van der Waals surface area contributed by atoms with Gasteiger partial charge in [0, 0.05) is 25.6 Å². The van der Waals surface area contributed by atoms with Crippen molar-refractivity contribution in [2.24, 2.45) is 10.7 Å². The van der Waals surface area contributed by atoms with Crippen molar-refractivity contribution in [3.8, 4) is 0 Å². The van der Waals surface area contributed by atoms with Gasteiger partial charge in [-0.05, 0) is 37.9 Å². The molecule has 3 heterocycles. The van der Waals surface area contributed by atoms with E-state index in [2.05, 4.69) is 52.5 Å². The van der Waals surface area contributed by atoms with Crippen molar-refractivity contribution >= 4 is 53.8 Å². The number of aliphatic imine (C=N–C) groups is 1. The summed E-state index contributed by atoms with van der Waals surface area (Å²) in [6.45, 7) is 0.0545. The van der Waals surface area contributed by atoms with Crippen molar-refractivity contribution in [2.45, 2.75) is 24.4 Å². The molecule has 1 amide bonds. The summed E-state index contributed by atoms with van der Waals surface area (Å²) in [4.78, 5) is 20.9. The molecular formula is C13H18Br2N6O5S. The van der Waals surface area contributed by atoms with E-state index in [-0.39, 0.29) is 31.4 Å². The number of aromatic amines is 1. The molecule has 1 aromatic heterocycles. The number of nitrogens with zero attached hydrogens (tertiary/aromatic N) is 2. The molecule has 2 aliphatic heterocycles. The van der Waals surface area contributed by atoms with E-state index in [0.29, 0.717) is 14.8 Å². The van der Waals surface area contributed by atoms with E-state index >= 15 is 0 Å². The molecule has 0 saturated carbocycles. The standard InChI is InChI=1S/C13H18Br2N6O5S/c14-7-3-8(18-9(7)15)10(22)17-5-6-4-13(23)11(19-12(16)20-13)21(6)1-2-27(24,25)26/h3,6,11,18,23H,1-2,4-5H2,(H,17,22)(H3,16,19,20)(H,24,25,26)/t6-,11-,13-/m0/s1. The molecule has 1 fully saturated rings. The Kier molecular flexibility index (Phi) is 5.58. The first-order chi connectivity index (χ1) is 12.5. The third kappa shape index (κ3) is 4.46. The average Bonchev–Trinajstić information content (AvgIpc) is 3.11. The van der Waals surface area contributed by atoms with Crippen molar-refractivity contribution in [3.63, 3.8) is 0 Å². The summed E-state index contributed by atoms with van der Waals surface area (Å²) in [7, 11) is -4.20. The number of likely N-dealkylation sites (tertiary alicyclic amines) is 1. The molecule has 2 aliphatic rings. The van der Waals surface area contributed by atoms with E-state index in [0.717, 1.165) is 0 Å². The van der Waals surface area contributed by atoms with Gasteiger partial charge in [-0.25, -0.2) is 4.99 Å². The van der Waals surface area contributed by atoms with Crippen LogP contribution < -0.4 is 16.4 Å². The molecule has 150 valence electrons. The van der Waals surface area contributed by atoms with Gasteiger partial charge in [0.1, 0.15) is 5.69 Å². The van der Waals surface area contributed by atoms with Crippen molar-refractivity contribution in [1.29, 1.82) is 0 Å². The molecule has 0 radical (unpaired) electrons. The summed E-state index contributed by atoms with van der Waals surface area (Å²) in [5, 5.41) is 16.1. The number of aromatic nitrogens is 1. The number of H-pyrrole nitrogens is 1. The largest absolute Gasteiger partial charge is 0.370 e. The lowest BCUT2D eigenvalue weighted by molar-refractivity contribution is 0.00560. The van der Waals surface area contributed by atoms with Crippen molar-refractivity contribution < 1.29 is 22.9 Å². The molecule has 11 nitrogen and oxygen atoms in total. The fraction of sp³-hybridized carbons (Fsp3) is 0.538. The zero-order valence-electron chi connectivity index (χ0n) is 13.8. The number of nitrogens with one attached hydrogen (secondary N) is 3. The van der Waals surface area contributed by atoms with Crippen molar-refractivity contribution in [1.82, 2.24) is 20.5 Å². The second kappa shape index (κ2) is 7.33. The lowest BCUT2D eigenvalue weighted by atomic mass is 10.1. The van der Waals surface area contributed by atoms with Gasteiger partial charge in [0.25, 0.3) is 16.0 Å². The molecular weight excluding hydrogens is 512 g/mol. The van der Waals surface area contributed by atoms with Crippen LogP contribution in [0.4, 0.5) is 0 Å². The van der Waals surface area contributed by atoms with Crippen LogP contribution in [-0.2, 0) is 10.1 Å². The maximum Gasteiger partial charge on any atom is 0.267 e. The quantitative estimate of drug-likeness (QED) is 0.259. The fourth-order valence-corrected chi connectivity index (χ4v) is 4.38. The number of carbonyl (C=O) groups excluding carboxylic acids is 1. The van der Waals surface area contributed by atoms with E-state index in [1.54, 1.807) is 11.0 Å². The summed E-state index contributed by atoms with van der Waals surface area (Å²) >= 11 is 6.54. The van der Waals surface area contributed by atoms with Gasteiger partial charge >= 0.3 is 0 Å². The number of nitrogens with two attached hydrogens (primary N) is 1. The second-order valence-electron chi connectivity index (χ2n) is 6.37. The highest BCUT2D eigenvalue weighted by molar-refractivity contribution is 9.13. The number of rotatable bonds is 6. The molecule has 0 unspecified atom stereocenters. The minimum absolute atomic E-state index is 0.0444. The second-order valence-corrected chi connectivity index (χ2v) is 9.59. The van der Waals surface area contributed by atoms with Gasteiger partial charge in [0.15, 0.2) is 17.9 Å². The molecule has 0 spiro atoms. The smallest absolute Gasteiger partial charge is 0.267 e. The van der Waals surface area contributed by atoms with Crippen LogP contribution in [0.1, 0.15) is 16.9 Å². The van der Waals surface area contributed by atoms with Crippen LogP contribution in [0.2, 0.25) is 0 Å². The molecule has 0 aliphatic carbocycles. The zero-order valence-corrected chi connectivity index (χ0v) is 17.8. The van der Waals surface area contributed by atoms with E-state index in [1.165, 1.54) is 0 Å².